The third-order valence-electron chi connectivity index (χ3n) is 4.30. The molecule has 0 atom stereocenters. The number of rotatable bonds is 7. The van der Waals surface area contributed by atoms with Gasteiger partial charge in [0.1, 0.15) is 24.0 Å². The standard InChI is InChI=1S/C23H15Cl2N3O4/c24-20-10-7-18(12-21(20)25)27-23(29)17(13-26)11-16-3-1-2-4-22(16)32-14-15-5-8-19(9-6-15)28(30)31/h1-12H,14H2,(H,27,29)/b17-11+. The summed E-state index contributed by atoms with van der Waals surface area (Å²) in [5.41, 5.74) is 1.50. The van der Waals surface area contributed by atoms with E-state index in [0.29, 0.717) is 22.0 Å². The van der Waals surface area contributed by atoms with E-state index < -0.39 is 10.8 Å². The van der Waals surface area contributed by atoms with Crippen LogP contribution in [0.3, 0.4) is 0 Å². The highest BCUT2D eigenvalue weighted by Crippen LogP contribution is 2.26. The Balaban J connectivity index is 1.76. The van der Waals surface area contributed by atoms with Gasteiger partial charge in [-0.05, 0) is 48.0 Å². The average Bonchev–Trinajstić information content (AvgIpc) is 2.79. The van der Waals surface area contributed by atoms with Gasteiger partial charge in [0.25, 0.3) is 11.6 Å². The number of benzene rings is 3. The fourth-order valence-corrected chi connectivity index (χ4v) is 2.98. The van der Waals surface area contributed by atoms with Crippen molar-refractivity contribution in [3.63, 3.8) is 0 Å². The van der Waals surface area contributed by atoms with Crippen LogP contribution >= 0.6 is 23.2 Å². The van der Waals surface area contributed by atoms with E-state index in [1.807, 2.05) is 6.07 Å². The summed E-state index contributed by atoms with van der Waals surface area (Å²) in [6.07, 6.45) is 1.41. The minimum atomic E-state index is -0.615. The number of nitrogens with zero attached hydrogens (tertiary/aromatic N) is 2. The quantitative estimate of drug-likeness (QED) is 0.197. The van der Waals surface area contributed by atoms with Crippen LogP contribution in [0.15, 0.2) is 72.3 Å². The summed E-state index contributed by atoms with van der Waals surface area (Å²) in [7, 11) is 0. The SMILES string of the molecule is N#C/C(=C\c1ccccc1OCc1ccc([N+](=O)[O-])cc1)C(=O)Nc1ccc(Cl)c(Cl)c1. The zero-order valence-corrected chi connectivity index (χ0v) is 17.9. The number of non-ortho nitro benzene ring substituents is 1. The van der Waals surface area contributed by atoms with Crippen molar-refractivity contribution in [3.8, 4) is 11.8 Å². The zero-order chi connectivity index (χ0) is 23.1. The Hall–Kier alpha value is -3.86. The number of nitrogens with one attached hydrogen (secondary N) is 1. The molecule has 0 radical (unpaired) electrons. The minimum Gasteiger partial charge on any atom is -0.488 e. The van der Waals surface area contributed by atoms with Crippen LogP contribution in [0.2, 0.25) is 10.0 Å². The van der Waals surface area contributed by atoms with Gasteiger partial charge in [-0.1, -0.05) is 41.4 Å². The maximum Gasteiger partial charge on any atom is 0.269 e. The van der Waals surface area contributed by atoms with Crippen molar-refractivity contribution >= 4 is 46.6 Å². The predicted octanol–water partition coefficient (Wildman–Crippen LogP) is 6.03. The number of halogens is 2. The van der Waals surface area contributed by atoms with Gasteiger partial charge in [-0.25, -0.2) is 0 Å². The van der Waals surface area contributed by atoms with Gasteiger partial charge in [0.05, 0.1) is 15.0 Å². The zero-order valence-electron chi connectivity index (χ0n) is 16.4. The van der Waals surface area contributed by atoms with Crippen LogP contribution in [0.25, 0.3) is 6.08 Å². The van der Waals surface area contributed by atoms with Crippen molar-refractivity contribution in [1.82, 2.24) is 0 Å². The van der Waals surface area contributed by atoms with Gasteiger partial charge in [0.15, 0.2) is 0 Å². The number of nitriles is 1. The Kier molecular flexibility index (Phi) is 7.45. The summed E-state index contributed by atoms with van der Waals surface area (Å²) in [4.78, 5) is 22.8. The molecule has 0 aliphatic heterocycles. The molecule has 7 nitrogen and oxygen atoms in total. The molecule has 0 heterocycles. The van der Waals surface area contributed by atoms with Crippen molar-refractivity contribution in [3.05, 3.63) is 104 Å². The molecule has 0 saturated carbocycles. The van der Waals surface area contributed by atoms with Gasteiger partial charge in [0.2, 0.25) is 0 Å². The first-order chi connectivity index (χ1) is 15.4. The van der Waals surface area contributed by atoms with E-state index in [4.69, 9.17) is 27.9 Å². The Bertz CT molecular complexity index is 1230. The van der Waals surface area contributed by atoms with Crippen LogP contribution in [0.1, 0.15) is 11.1 Å². The first kappa shape index (κ1) is 22.8. The number of nitro groups is 1. The summed E-state index contributed by atoms with van der Waals surface area (Å²) < 4.78 is 5.81. The van der Waals surface area contributed by atoms with Crippen molar-refractivity contribution in [2.75, 3.05) is 5.32 Å². The molecule has 32 heavy (non-hydrogen) atoms. The fourth-order valence-electron chi connectivity index (χ4n) is 2.68. The smallest absolute Gasteiger partial charge is 0.269 e. The third kappa shape index (κ3) is 5.85. The Morgan fingerprint density at radius 1 is 1.09 bits per heavy atom. The highest BCUT2D eigenvalue weighted by Gasteiger charge is 2.12. The van der Waals surface area contributed by atoms with Gasteiger partial charge in [-0.15, -0.1) is 0 Å². The molecular formula is C23H15Cl2N3O4. The molecule has 3 rings (SSSR count). The number of hydrogen-bond donors (Lipinski definition) is 1. The van der Waals surface area contributed by atoms with Gasteiger partial charge >= 0.3 is 0 Å². The summed E-state index contributed by atoms with van der Waals surface area (Å²) in [6, 6.07) is 19.4. The average molecular weight is 468 g/mol. The van der Waals surface area contributed by atoms with E-state index in [0.717, 1.165) is 5.56 Å². The van der Waals surface area contributed by atoms with Gasteiger partial charge in [0, 0.05) is 23.4 Å². The second-order valence-electron chi connectivity index (χ2n) is 6.50. The number of anilines is 1. The van der Waals surface area contributed by atoms with Gasteiger partial charge < -0.3 is 10.1 Å². The van der Waals surface area contributed by atoms with E-state index >= 15 is 0 Å². The van der Waals surface area contributed by atoms with E-state index in [-0.39, 0.29) is 22.9 Å². The van der Waals surface area contributed by atoms with E-state index in [1.165, 1.54) is 30.3 Å². The number of amides is 1. The molecule has 0 unspecified atom stereocenters. The number of para-hydroxylation sites is 1. The number of carbonyl (C=O) groups excluding carboxylic acids is 1. The largest absolute Gasteiger partial charge is 0.488 e. The third-order valence-corrected chi connectivity index (χ3v) is 5.04. The molecule has 0 spiro atoms. The lowest BCUT2D eigenvalue weighted by molar-refractivity contribution is -0.384. The van der Waals surface area contributed by atoms with Crippen LogP contribution in [0, 0.1) is 21.4 Å². The normalized spacial score (nSPS) is 10.8. The second-order valence-corrected chi connectivity index (χ2v) is 7.32. The summed E-state index contributed by atoms with van der Waals surface area (Å²) in [6.45, 7) is 0.153. The molecule has 0 aromatic heterocycles. The van der Waals surface area contributed by atoms with E-state index in [1.54, 1.807) is 42.5 Å². The maximum atomic E-state index is 12.5. The Morgan fingerprint density at radius 2 is 1.81 bits per heavy atom. The maximum absolute atomic E-state index is 12.5. The van der Waals surface area contributed by atoms with Crippen molar-refractivity contribution in [2.45, 2.75) is 6.61 Å². The minimum absolute atomic E-state index is 0.0104. The van der Waals surface area contributed by atoms with Gasteiger partial charge in [-0.3, -0.25) is 14.9 Å². The molecule has 160 valence electrons. The summed E-state index contributed by atoms with van der Waals surface area (Å²) in [5.74, 6) is -0.169. The van der Waals surface area contributed by atoms with Crippen LogP contribution in [-0.4, -0.2) is 10.8 Å². The number of carbonyl (C=O) groups is 1. The molecule has 0 bridgehead atoms. The number of hydrogen-bond acceptors (Lipinski definition) is 5. The molecule has 0 aliphatic carbocycles. The summed E-state index contributed by atoms with van der Waals surface area (Å²) >= 11 is 11.8. The molecule has 3 aromatic rings. The lowest BCUT2D eigenvalue weighted by Gasteiger charge is -2.10. The fraction of sp³-hybridized carbons (Fsp3) is 0.0435. The van der Waals surface area contributed by atoms with Crippen LogP contribution in [0.5, 0.6) is 5.75 Å². The lowest BCUT2D eigenvalue weighted by Crippen LogP contribution is -2.13. The monoisotopic (exact) mass is 467 g/mol. The first-order valence-corrected chi connectivity index (χ1v) is 9.96. The number of ether oxygens (including phenoxy) is 1. The highest BCUT2D eigenvalue weighted by atomic mass is 35.5. The highest BCUT2D eigenvalue weighted by molar-refractivity contribution is 6.42. The molecule has 3 aromatic carbocycles. The summed E-state index contributed by atoms with van der Waals surface area (Å²) in [5, 5.41) is 23.5. The first-order valence-electron chi connectivity index (χ1n) is 9.20. The van der Waals surface area contributed by atoms with E-state index in [2.05, 4.69) is 5.32 Å². The molecule has 1 amide bonds. The number of nitro benzene ring substituents is 1. The molecular weight excluding hydrogens is 453 g/mol. The molecule has 9 heteroatoms. The van der Waals surface area contributed by atoms with Crippen LogP contribution in [-0.2, 0) is 11.4 Å². The Morgan fingerprint density at radius 3 is 2.47 bits per heavy atom. The molecule has 1 N–H and O–H groups in total. The Labute approximate surface area is 193 Å². The predicted molar refractivity (Wildman–Crippen MR) is 123 cm³/mol. The van der Waals surface area contributed by atoms with E-state index in [9.17, 15) is 20.2 Å². The van der Waals surface area contributed by atoms with Gasteiger partial charge in [-0.2, -0.15) is 5.26 Å². The van der Waals surface area contributed by atoms with Crippen LogP contribution in [0.4, 0.5) is 11.4 Å². The molecule has 0 saturated heterocycles. The van der Waals surface area contributed by atoms with Crippen molar-refractivity contribution in [1.29, 1.82) is 5.26 Å². The second kappa shape index (κ2) is 10.4. The lowest BCUT2D eigenvalue weighted by atomic mass is 10.1. The van der Waals surface area contributed by atoms with Crippen molar-refractivity contribution in [2.24, 2.45) is 0 Å². The van der Waals surface area contributed by atoms with Crippen LogP contribution < -0.4 is 10.1 Å². The van der Waals surface area contributed by atoms with Crippen molar-refractivity contribution < 1.29 is 14.5 Å². The molecule has 0 aliphatic rings. The molecule has 0 fully saturated rings. The topological polar surface area (TPSA) is 105 Å².